The molecule has 1 aliphatic heterocycles. The highest BCUT2D eigenvalue weighted by molar-refractivity contribution is 5.57. The molecule has 1 aromatic rings. The SMILES string of the molecule is CCNC(C)c1ccccc1N1CCOCC1(C)C. The Bertz CT molecular complexity index is 417. The fourth-order valence-electron chi connectivity index (χ4n) is 2.82. The van der Waals surface area contributed by atoms with Crippen molar-refractivity contribution in [2.24, 2.45) is 0 Å². The summed E-state index contributed by atoms with van der Waals surface area (Å²) >= 11 is 0. The smallest absolute Gasteiger partial charge is 0.0694 e. The molecular weight excluding hydrogens is 236 g/mol. The van der Waals surface area contributed by atoms with Crippen LogP contribution in [0, 0.1) is 0 Å². The number of nitrogens with zero attached hydrogens (tertiary/aromatic N) is 1. The van der Waals surface area contributed by atoms with Crippen molar-refractivity contribution in [3.05, 3.63) is 29.8 Å². The second-order valence-electron chi connectivity index (χ2n) is 5.85. The van der Waals surface area contributed by atoms with E-state index in [9.17, 15) is 0 Å². The van der Waals surface area contributed by atoms with Crippen molar-refractivity contribution in [1.82, 2.24) is 5.32 Å². The number of anilines is 1. The molecule has 0 aliphatic carbocycles. The molecule has 1 aromatic carbocycles. The zero-order chi connectivity index (χ0) is 13.9. The van der Waals surface area contributed by atoms with E-state index in [2.05, 4.69) is 62.2 Å². The molecule has 2 rings (SSSR count). The van der Waals surface area contributed by atoms with Crippen LogP contribution in [0.25, 0.3) is 0 Å². The van der Waals surface area contributed by atoms with Crippen molar-refractivity contribution < 1.29 is 4.74 Å². The summed E-state index contributed by atoms with van der Waals surface area (Å²) in [5, 5.41) is 3.51. The Morgan fingerprint density at radius 3 is 2.79 bits per heavy atom. The van der Waals surface area contributed by atoms with E-state index in [4.69, 9.17) is 4.74 Å². The molecule has 1 fully saturated rings. The zero-order valence-electron chi connectivity index (χ0n) is 12.6. The molecule has 0 spiro atoms. The first-order valence-corrected chi connectivity index (χ1v) is 7.24. The highest BCUT2D eigenvalue weighted by Gasteiger charge is 2.32. The van der Waals surface area contributed by atoms with E-state index in [1.165, 1.54) is 11.3 Å². The molecular formula is C16H26N2O. The summed E-state index contributed by atoms with van der Waals surface area (Å²) < 4.78 is 5.63. The fourth-order valence-corrected chi connectivity index (χ4v) is 2.82. The Labute approximate surface area is 116 Å². The van der Waals surface area contributed by atoms with Crippen molar-refractivity contribution >= 4 is 5.69 Å². The molecule has 1 aliphatic rings. The minimum Gasteiger partial charge on any atom is -0.377 e. The lowest BCUT2D eigenvalue weighted by atomic mass is 9.97. The molecule has 0 bridgehead atoms. The average molecular weight is 262 g/mol. The van der Waals surface area contributed by atoms with Gasteiger partial charge in [0, 0.05) is 18.3 Å². The molecule has 1 saturated heterocycles. The number of rotatable bonds is 4. The lowest BCUT2D eigenvalue weighted by Gasteiger charge is -2.45. The molecule has 0 aromatic heterocycles. The van der Waals surface area contributed by atoms with Crippen LogP contribution in [0.2, 0.25) is 0 Å². The summed E-state index contributed by atoms with van der Waals surface area (Å²) in [5.41, 5.74) is 2.77. The molecule has 3 nitrogen and oxygen atoms in total. The number of ether oxygens (including phenoxy) is 1. The van der Waals surface area contributed by atoms with Gasteiger partial charge in [-0.3, -0.25) is 0 Å². The van der Waals surface area contributed by atoms with Gasteiger partial charge in [0.15, 0.2) is 0 Å². The van der Waals surface area contributed by atoms with E-state index in [-0.39, 0.29) is 5.54 Å². The first-order chi connectivity index (χ1) is 9.06. The highest BCUT2D eigenvalue weighted by atomic mass is 16.5. The summed E-state index contributed by atoms with van der Waals surface area (Å²) in [6.07, 6.45) is 0. The van der Waals surface area contributed by atoms with Gasteiger partial charge in [0.25, 0.3) is 0 Å². The second kappa shape index (κ2) is 5.93. The largest absolute Gasteiger partial charge is 0.377 e. The van der Waals surface area contributed by atoms with Crippen molar-refractivity contribution in [2.45, 2.75) is 39.3 Å². The minimum atomic E-state index is 0.0558. The van der Waals surface area contributed by atoms with E-state index in [1.807, 2.05) is 0 Å². The third-order valence-electron chi connectivity index (χ3n) is 3.85. The average Bonchev–Trinajstić information content (AvgIpc) is 2.38. The molecule has 3 heteroatoms. The first kappa shape index (κ1) is 14.4. The van der Waals surface area contributed by atoms with Gasteiger partial charge in [-0.05, 0) is 38.9 Å². The molecule has 1 atom stereocenters. The summed E-state index contributed by atoms with van der Waals surface area (Å²) in [6.45, 7) is 12.4. The zero-order valence-corrected chi connectivity index (χ0v) is 12.6. The van der Waals surface area contributed by atoms with Crippen molar-refractivity contribution in [3.8, 4) is 0 Å². The number of morpholine rings is 1. The Morgan fingerprint density at radius 1 is 1.37 bits per heavy atom. The van der Waals surface area contributed by atoms with Crippen LogP contribution in [0.1, 0.15) is 39.3 Å². The summed E-state index contributed by atoms with van der Waals surface area (Å²) in [4.78, 5) is 2.49. The van der Waals surface area contributed by atoms with Crippen LogP contribution in [0.3, 0.4) is 0 Å². The van der Waals surface area contributed by atoms with Crippen LogP contribution >= 0.6 is 0 Å². The maximum absolute atomic E-state index is 5.63. The van der Waals surface area contributed by atoms with Crippen molar-refractivity contribution in [1.29, 1.82) is 0 Å². The monoisotopic (exact) mass is 262 g/mol. The standard InChI is InChI=1S/C16H26N2O/c1-5-17-13(2)14-8-6-7-9-15(14)18-10-11-19-12-16(18,3)4/h6-9,13,17H,5,10-12H2,1-4H3. The van der Waals surface area contributed by atoms with Gasteiger partial charge in [-0.1, -0.05) is 25.1 Å². The van der Waals surface area contributed by atoms with Crippen LogP contribution < -0.4 is 10.2 Å². The second-order valence-corrected chi connectivity index (χ2v) is 5.85. The molecule has 0 amide bonds. The van der Waals surface area contributed by atoms with Crippen molar-refractivity contribution in [2.75, 3.05) is 31.2 Å². The molecule has 1 unspecified atom stereocenters. The Morgan fingerprint density at radius 2 is 2.11 bits per heavy atom. The van der Waals surface area contributed by atoms with Gasteiger partial charge in [-0.2, -0.15) is 0 Å². The summed E-state index contributed by atoms with van der Waals surface area (Å²) in [5.74, 6) is 0. The van der Waals surface area contributed by atoms with Crippen LogP contribution in [-0.4, -0.2) is 31.8 Å². The van der Waals surface area contributed by atoms with Crippen LogP contribution in [0.15, 0.2) is 24.3 Å². The van der Waals surface area contributed by atoms with E-state index in [0.717, 1.165) is 26.3 Å². The number of benzene rings is 1. The lowest BCUT2D eigenvalue weighted by Crippen LogP contribution is -2.53. The quantitative estimate of drug-likeness (QED) is 0.903. The van der Waals surface area contributed by atoms with E-state index >= 15 is 0 Å². The predicted molar refractivity (Wildman–Crippen MR) is 80.8 cm³/mol. The molecule has 0 saturated carbocycles. The van der Waals surface area contributed by atoms with Crippen LogP contribution in [0.4, 0.5) is 5.69 Å². The maximum Gasteiger partial charge on any atom is 0.0694 e. The predicted octanol–water partition coefficient (Wildman–Crippen LogP) is 2.97. The molecule has 106 valence electrons. The van der Waals surface area contributed by atoms with E-state index < -0.39 is 0 Å². The van der Waals surface area contributed by atoms with Crippen LogP contribution in [0.5, 0.6) is 0 Å². The van der Waals surface area contributed by atoms with Gasteiger partial charge in [-0.15, -0.1) is 0 Å². The Hall–Kier alpha value is -1.06. The number of hydrogen-bond acceptors (Lipinski definition) is 3. The van der Waals surface area contributed by atoms with Crippen molar-refractivity contribution in [3.63, 3.8) is 0 Å². The third kappa shape index (κ3) is 3.10. The topological polar surface area (TPSA) is 24.5 Å². The van der Waals surface area contributed by atoms with Gasteiger partial charge < -0.3 is 15.0 Å². The molecule has 1 heterocycles. The first-order valence-electron chi connectivity index (χ1n) is 7.24. The number of hydrogen-bond donors (Lipinski definition) is 1. The molecule has 19 heavy (non-hydrogen) atoms. The molecule has 0 radical (unpaired) electrons. The van der Waals surface area contributed by atoms with Gasteiger partial charge in [0.2, 0.25) is 0 Å². The third-order valence-corrected chi connectivity index (χ3v) is 3.85. The summed E-state index contributed by atoms with van der Waals surface area (Å²) in [6, 6.07) is 9.09. The molecule has 1 N–H and O–H groups in total. The summed E-state index contributed by atoms with van der Waals surface area (Å²) in [7, 11) is 0. The van der Waals surface area contributed by atoms with Gasteiger partial charge in [-0.25, -0.2) is 0 Å². The highest BCUT2D eigenvalue weighted by Crippen LogP contribution is 2.32. The minimum absolute atomic E-state index is 0.0558. The van der Waals surface area contributed by atoms with Crippen LogP contribution in [-0.2, 0) is 4.74 Å². The Kier molecular flexibility index (Phi) is 4.48. The van der Waals surface area contributed by atoms with E-state index in [1.54, 1.807) is 0 Å². The van der Waals surface area contributed by atoms with E-state index in [0.29, 0.717) is 6.04 Å². The normalized spacial score (nSPS) is 20.3. The van der Waals surface area contributed by atoms with Gasteiger partial charge >= 0.3 is 0 Å². The number of para-hydroxylation sites is 1. The van der Waals surface area contributed by atoms with Gasteiger partial charge in [0.1, 0.15) is 0 Å². The van der Waals surface area contributed by atoms with Gasteiger partial charge in [0.05, 0.1) is 18.8 Å². The fraction of sp³-hybridized carbons (Fsp3) is 0.625. The maximum atomic E-state index is 5.63. The Balaban J connectivity index is 2.33. The lowest BCUT2D eigenvalue weighted by molar-refractivity contribution is 0.0642. The number of nitrogens with one attached hydrogen (secondary N) is 1.